The molecule has 1 aromatic carbocycles. The van der Waals surface area contributed by atoms with E-state index < -0.39 is 11.9 Å². The average Bonchev–Trinajstić information content (AvgIpc) is 2.65. The Morgan fingerprint density at radius 3 is 2.40 bits per heavy atom. The van der Waals surface area contributed by atoms with Crippen LogP contribution in [0.3, 0.4) is 0 Å². The molecule has 6 nitrogen and oxygen atoms in total. The van der Waals surface area contributed by atoms with Gasteiger partial charge in [0, 0.05) is 31.1 Å². The third-order valence-corrected chi connectivity index (χ3v) is 4.68. The smallest absolute Gasteiger partial charge is 0.308 e. The van der Waals surface area contributed by atoms with E-state index in [4.69, 9.17) is 5.11 Å². The fourth-order valence-electron chi connectivity index (χ4n) is 3.14. The summed E-state index contributed by atoms with van der Waals surface area (Å²) in [6, 6.07) is 9.13. The Morgan fingerprint density at radius 1 is 1.20 bits per heavy atom. The molecule has 0 radical (unpaired) electrons. The second kappa shape index (κ2) is 9.20. The zero-order valence-electron chi connectivity index (χ0n) is 14.6. The number of nitrogens with zero attached hydrogens (tertiary/aromatic N) is 1. The minimum absolute atomic E-state index is 0.00616. The standard InChI is InChI=1S/C19H26N2O4/c1-2-6-16(19(24)25)13-20-17(22)14-9-11-21(12-10-14)18(23)15-7-4-3-5-8-15/h3-5,7-8,14,16H,2,6,9-13H2,1H3,(H,20,22)(H,24,25). The fourth-order valence-corrected chi connectivity index (χ4v) is 3.14. The molecule has 0 saturated carbocycles. The fraction of sp³-hybridized carbons (Fsp3) is 0.526. The number of benzene rings is 1. The number of amides is 2. The quantitative estimate of drug-likeness (QED) is 0.792. The maximum Gasteiger partial charge on any atom is 0.308 e. The van der Waals surface area contributed by atoms with Crippen LogP contribution in [0.5, 0.6) is 0 Å². The molecule has 0 aromatic heterocycles. The van der Waals surface area contributed by atoms with Crippen molar-refractivity contribution in [3.63, 3.8) is 0 Å². The SMILES string of the molecule is CCCC(CNC(=O)C1CCN(C(=O)c2ccccc2)CC1)C(=O)O. The Hall–Kier alpha value is -2.37. The van der Waals surface area contributed by atoms with Crippen LogP contribution in [-0.2, 0) is 9.59 Å². The van der Waals surface area contributed by atoms with Crippen molar-refractivity contribution in [3.8, 4) is 0 Å². The number of carboxylic acids is 1. The van der Waals surface area contributed by atoms with Crippen molar-refractivity contribution in [1.82, 2.24) is 10.2 Å². The highest BCUT2D eigenvalue weighted by Gasteiger charge is 2.28. The topological polar surface area (TPSA) is 86.7 Å². The van der Waals surface area contributed by atoms with E-state index >= 15 is 0 Å². The van der Waals surface area contributed by atoms with Crippen LogP contribution in [0.2, 0.25) is 0 Å². The van der Waals surface area contributed by atoms with E-state index in [1.807, 2.05) is 25.1 Å². The summed E-state index contributed by atoms with van der Waals surface area (Å²) in [5, 5.41) is 11.9. The van der Waals surface area contributed by atoms with Crippen LogP contribution < -0.4 is 5.32 Å². The van der Waals surface area contributed by atoms with Crippen LogP contribution in [0.4, 0.5) is 0 Å². The van der Waals surface area contributed by atoms with Crippen LogP contribution in [0.1, 0.15) is 43.0 Å². The maximum atomic E-state index is 12.4. The first-order chi connectivity index (χ1) is 12.0. The molecule has 0 bridgehead atoms. The number of carboxylic acid groups (broad SMARTS) is 1. The zero-order chi connectivity index (χ0) is 18.2. The van der Waals surface area contributed by atoms with Gasteiger partial charge in [-0.25, -0.2) is 0 Å². The Balaban J connectivity index is 1.80. The lowest BCUT2D eigenvalue weighted by Gasteiger charge is -2.31. The van der Waals surface area contributed by atoms with Gasteiger partial charge in [0.05, 0.1) is 5.92 Å². The first-order valence-electron chi connectivity index (χ1n) is 8.87. The summed E-state index contributed by atoms with van der Waals surface area (Å²) >= 11 is 0. The Kier molecular flexibility index (Phi) is 6.98. The molecule has 136 valence electrons. The molecular weight excluding hydrogens is 320 g/mol. The normalized spacial score (nSPS) is 16.3. The number of rotatable bonds is 7. The van der Waals surface area contributed by atoms with Gasteiger partial charge in [-0.1, -0.05) is 31.5 Å². The van der Waals surface area contributed by atoms with Crippen molar-refractivity contribution in [3.05, 3.63) is 35.9 Å². The summed E-state index contributed by atoms with van der Waals surface area (Å²) in [5.41, 5.74) is 0.661. The van der Waals surface area contributed by atoms with Crippen LogP contribution in [-0.4, -0.2) is 47.4 Å². The van der Waals surface area contributed by atoms with Crippen molar-refractivity contribution < 1.29 is 19.5 Å². The summed E-state index contributed by atoms with van der Waals surface area (Å²) in [4.78, 5) is 37.6. The van der Waals surface area contributed by atoms with Crippen molar-refractivity contribution in [2.45, 2.75) is 32.6 Å². The lowest BCUT2D eigenvalue weighted by atomic mass is 9.95. The summed E-state index contributed by atoms with van der Waals surface area (Å²) in [6.45, 7) is 3.19. The van der Waals surface area contributed by atoms with E-state index in [2.05, 4.69) is 5.32 Å². The van der Waals surface area contributed by atoms with Gasteiger partial charge in [-0.2, -0.15) is 0 Å². The van der Waals surface area contributed by atoms with E-state index in [9.17, 15) is 14.4 Å². The molecule has 25 heavy (non-hydrogen) atoms. The molecule has 2 N–H and O–H groups in total. The van der Waals surface area contributed by atoms with Gasteiger partial charge in [0.2, 0.25) is 5.91 Å². The van der Waals surface area contributed by atoms with Crippen LogP contribution in [0.25, 0.3) is 0 Å². The molecule has 1 atom stereocenters. The largest absolute Gasteiger partial charge is 0.481 e. The number of likely N-dealkylation sites (tertiary alicyclic amines) is 1. The summed E-state index contributed by atoms with van der Waals surface area (Å²) in [5.74, 6) is -1.67. The maximum absolute atomic E-state index is 12.4. The highest BCUT2D eigenvalue weighted by molar-refractivity contribution is 5.94. The zero-order valence-corrected chi connectivity index (χ0v) is 14.6. The predicted octanol–water partition coefficient (Wildman–Crippen LogP) is 2.16. The monoisotopic (exact) mass is 346 g/mol. The van der Waals surface area contributed by atoms with E-state index in [1.165, 1.54) is 0 Å². The minimum atomic E-state index is -0.870. The molecule has 1 heterocycles. The molecule has 1 aliphatic rings. The van der Waals surface area contributed by atoms with Crippen LogP contribution in [0, 0.1) is 11.8 Å². The number of carbonyl (C=O) groups is 3. The molecule has 6 heteroatoms. The summed E-state index contributed by atoms with van der Waals surface area (Å²) in [6.07, 6.45) is 2.54. The third-order valence-electron chi connectivity index (χ3n) is 4.68. The summed E-state index contributed by atoms with van der Waals surface area (Å²) in [7, 11) is 0. The van der Waals surface area contributed by atoms with Gasteiger partial charge in [-0.05, 0) is 31.4 Å². The Labute approximate surface area is 148 Å². The number of carbonyl (C=O) groups excluding carboxylic acids is 2. The number of piperidine rings is 1. The van der Waals surface area contributed by atoms with Gasteiger partial charge >= 0.3 is 5.97 Å². The molecule has 1 fully saturated rings. The van der Waals surface area contributed by atoms with Crippen molar-refractivity contribution in [2.24, 2.45) is 11.8 Å². The molecular formula is C19H26N2O4. The van der Waals surface area contributed by atoms with E-state index in [-0.39, 0.29) is 24.3 Å². The number of hydrogen-bond acceptors (Lipinski definition) is 3. The second-order valence-electron chi connectivity index (χ2n) is 6.50. The minimum Gasteiger partial charge on any atom is -0.481 e. The highest BCUT2D eigenvalue weighted by Crippen LogP contribution is 2.19. The number of hydrogen-bond donors (Lipinski definition) is 2. The lowest BCUT2D eigenvalue weighted by Crippen LogP contribution is -2.44. The van der Waals surface area contributed by atoms with Gasteiger partial charge in [-0.3, -0.25) is 14.4 Å². The molecule has 0 aliphatic carbocycles. The van der Waals surface area contributed by atoms with Gasteiger partial charge < -0.3 is 15.3 Å². The third kappa shape index (κ3) is 5.31. The van der Waals surface area contributed by atoms with Crippen molar-refractivity contribution >= 4 is 17.8 Å². The second-order valence-corrected chi connectivity index (χ2v) is 6.50. The first kappa shape index (κ1) is 19.0. The number of nitrogens with one attached hydrogen (secondary N) is 1. The van der Waals surface area contributed by atoms with Gasteiger partial charge in [0.15, 0.2) is 0 Å². The molecule has 0 spiro atoms. The molecule has 1 aromatic rings. The molecule has 2 amide bonds. The Morgan fingerprint density at radius 2 is 1.84 bits per heavy atom. The van der Waals surface area contributed by atoms with E-state index in [1.54, 1.807) is 17.0 Å². The molecule has 1 unspecified atom stereocenters. The number of aliphatic carboxylic acids is 1. The van der Waals surface area contributed by atoms with Gasteiger partial charge in [0.25, 0.3) is 5.91 Å². The first-order valence-corrected chi connectivity index (χ1v) is 8.87. The van der Waals surface area contributed by atoms with Crippen LogP contribution in [0.15, 0.2) is 30.3 Å². The van der Waals surface area contributed by atoms with E-state index in [0.717, 1.165) is 6.42 Å². The van der Waals surface area contributed by atoms with Gasteiger partial charge in [0.1, 0.15) is 0 Å². The van der Waals surface area contributed by atoms with Crippen molar-refractivity contribution in [1.29, 1.82) is 0 Å². The predicted molar refractivity (Wildman–Crippen MR) is 94.1 cm³/mol. The molecule has 1 saturated heterocycles. The van der Waals surface area contributed by atoms with Gasteiger partial charge in [-0.15, -0.1) is 0 Å². The highest BCUT2D eigenvalue weighted by atomic mass is 16.4. The Bertz CT molecular complexity index is 595. The summed E-state index contributed by atoms with van der Waals surface area (Å²) < 4.78 is 0. The van der Waals surface area contributed by atoms with Crippen molar-refractivity contribution in [2.75, 3.05) is 19.6 Å². The van der Waals surface area contributed by atoms with Crippen LogP contribution >= 0.6 is 0 Å². The lowest BCUT2D eigenvalue weighted by molar-refractivity contribution is -0.142. The molecule has 2 rings (SSSR count). The van der Waals surface area contributed by atoms with E-state index in [0.29, 0.717) is 37.9 Å². The average molecular weight is 346 g/mol. The molecule has 1 aliphatic heterocycles.